The topological polar surface area (TPSA) is 15.3 Å². The Hall–Kier alpha value is -1.02. The molecule has 1 aromatic carbocycles. The zero-order valence-corrected chi connectivity index (χ0v) is 12.7. The maximum absolute atomic E-state index is 3.46. The first-order chi connectivity index (χ1) is 9.24. The maximum atomic E-state index is 3.46. The Bertz CT molecular complexity index is 371. The van der Waals surface area contributed by atoms with E-state index < -0.39 is 0 Å². The second-order valence-corrected chi connectivity index (χ2v) is 5.76. The summed E-state index contributed by atoms with van der Waals surface area (Å²) >= 11 is 0. The molecule has 1 aliphatic rings. The molecule has 2 rings (SSSR count). The summed E-state index contributed by atoms with van der Waals surface area (Å²) in [6, 6.07) is 9.58. The van der Waals surface area contributed by atoms with Gasteiger partial charge in [-0.05, 0) is 49.9 Å². The van der Waals surface area contributed by atoms with Gasteiger partial charge in [0, 0.05) is 24.8 Å². The standard InChI is InChI=1S/C17H28N2/c1-4-6-15-11-12-19(13-15)17-9-7-16(8-10-17)14(3)18-5-2/h7-10,14-15,18H,4-6,11-13H2,1-3H3. The highest BCUT2D eigenvalue weighted by Crippen LogP contribution is 2.27. The lowest BCUT2D eigenvalue weighted by atomic mass is 10.0. The molecule has 1 fully saturated rings. The van der Waals surface area contributed by atoms with Gasteiger partial charge in [0.1, 0.15) is 0 Å². The third-order valence-corrected chi connectivity index (χ3v) is 4.25. The van der Waals surface area contributed by atoms with Crippen LogP contribution in [-0.4, -0.2) is 19.6 Å². The van der Waals surface area contributed by atoms with Gasteiger partial charge in [-0.1, -0.05) is 32.4 Å². The minimum absolute atomic E-state index is 0.450. The summed E-state index contributed by atoms with van der Waals surface area (Å²) < 4.78 is 0. The summed E-state index contributed by atoms with van der Waals surface area (Å²) in [6.45, 7) is 10.2. The number of anilines is 1. The van der Waals surface area contributed by atoms with E-state index in [0.29, 0.717) is 6.04 Å². The molecule has 2 nitrogen and oxygen atoms in total. The molecule has 19 heavy (non-hydrogen) atoms. The van der Waals surface area contributed by atoms with Gasteiger partial charge in [0.15, 0.2) is 0 Å². The molecule has 0 radical (unpaired) electrons. The molecule has 0 saturated carbocycles. The molecule has 1 aromatic rings. The van der Waals surface area contributed by atoms with Crippen molar-refractivity contribution in [3.8, 4) is 0 Å². The van der Waals surface area contributed by atoms with E-state index in [1.807, 2.05) is 0 Å². The quantitative estimate of drug-likeness (QED) is 0.832. The van der Waals surface area contributed by atoms with Gasteiger partial charge in [-0.25, -0.2) is 0 Å². The van der Waals surface area contributed by atoms with Crippen molar-refractivity contribution in [2.24, 2.45) is 5.92 Å². The van der Waals surface area contributed by atoms with Crippen LogP contribution in [0.3, 0.4) is 0 Å². The molecule has 2 unspecified atom stereocenters. The fraction of sp³-hybridized carbons (Fsp3) is 0.647. The number of hydrogen-bond donors (Lipinski definition) is 1. The highest BCUT2D eigenvalue weighted by Gasteiger charge is 2.21. The average molecular weight is 260 g/mol. The molecular formula is C17H28N2. The molecular weight excluding hydrogens is 232 g/mol. The van der Waals surface area contributed by atoms with Crippen molar-refractivity contribution in [3.05, 3.63) is 29.8 Å². The summed E-state index contributed by atoms with van der Waals surface area (Å²) in [5.41, 5.74) is 2.78. The molecule has 0 amide bonds. The lowest BCUT2D eigenvalue weighted by Gasteiger charge is -2.20. The summed E-state index contributed by atoms with van der Waals surface area (Å²) in [5, 5.41) is 3.46. The highest BCUT2D eigenvalue weighted by atomic mass is 15.1. The van der Waals surface area contributed by atoms with E-state index in [4.69, 9.17) is 0 Å². The molecule has 2 atom stereocenters. The van der Waals surface area contributed by atoms with Crippen LogP contribution in [-0.2, 0) is 0 Å². The van der Waals surface area contributed by atoms with E-state index in [1.54, 1.807) is 0 Å². The van der Waals surface area contributed by atoms with E-state index in [0.717, 1.165) is 12.5 Å². The van der Waals surface area contributed by atoms with Gasteiger partial charge in [0.25, 0.3) is 0 Å². The molecule has 1 aliphatic heterocycles. The Morgan fingerprint density at radius 1 is 1.26 bits per heavy atom. The van der Waals surface area contributed by atoms with Crippen molar-refractivity contribution in [1.29, 1.82) is 0 Å². The zero-order valence-electron chi connectivity index (χ0n) is 12.7. The van der Waals surface area contributed by atoms with Crippen LogP contribution in [0.1, 0.15) is 51.6 Å². The van der Waals surface area contributed by atoms with E-state index in [2.05, 4.69) is 55.3 Å². The lowest BCUT2D eigenvalue weighted by Crippen LogP contribution is -2.20. The molecule has 1 saturated heterocycles. The summed E-state index contributed by atoms with van der Waals surface area (Å²) in [4.78, 5) is 2.54. The molecule has 1 N–H and O–H groups in total. The van der Waals surface area contributed by atoms with Crippen molar-refractivity contribution in [2.45, 2.75) is 46.1 Å². The molecule has 106 valence electrons. The van der Waals surface area contributed by atoms with Crippen LogP contribution in [0.15, 0.2) is 24.3 Å². The third kappa shape index (κ3) is 3.73. The van der Waals surface area contributed by atoms with Crippen LogP contribution < -0.4 is 10.2 Å². The van der Waals surface area contributed by atoms with Crippen LogP contribution in [0.4, 0.5) is 5.69 Å². The summed E-state index contributed by atoms with van der Waals surface area (Å²) in [7, 11) is 0. The molecule has 0 spiro atoms. The smallest absolute Gasteiger partial charge is 0.0366 e. The predicted molar refractivity (Wildman–Crippen MR) is 83.8 cm³/mol. The first kappa shape index (κ1) is 14.4. The van der Waals surface area contributed by atoms with Crippen LogP contribution in [0.25, 0.3) is 0 Å². The molecule has 1 heterocycles. The molecule has 2 heteroatoms. The Kier molecular flexibility index (Phi) is 5.26. The Labute approximate surface area is 118 Å². The van der Waals surface area contributed by atoms with Gasteiger partial charge in [0.05, 0.1) is 0 Å². The SMILES string of the molecule is CCCC1CCN(c2ccc(C(C)NCC)cc2)C1. The van der Waals surface area contributed by atoms with Crippen molar-refractivity contribution < 1.29 is 0 Å². The molecule has 0 aromatic heterocycles. The van der Waals surface area contributed by atoms with Gasteiger partial charge >= 0.3 is 0 Å². The number of rotatable bonds is 6. The zero-order chi connectivity index (χ0) is 13.7. The fourth-order valence-electron chi connectivity index (χ4n) is 3.11. The average Bonchev–Trinajstić information content (AvgIpc) is 2.88. The fourth-order valence-corrected chi connectivity index (χ4v) is 3.11. The largest absolute Gasteiger partial charge is 0.371 e. The number of benzene rings is 1. The molecule has 0 bridgehead atoms. The van der Waals surface area contributed by atoms with Crippen molar-refractivity contribution in [1.82, 2.24) is 5.32 Å². The first-order valence-electron chi connectivity index (χ1n) is 7.82. The second-order valence-electron chi connectivity index (χ2n) is 5.76. The minimum atomic E-state index is 0.450. The number of hydrogen-bond acceptors (Lipinski definition) is 2. The number of nitrogens with one attached hydrogen (secondary N) is 1. The lowest BCUT2D eigenvalue weighted by molar-refractivity contribution is 0.530. The van der Waals surface area contributed by atoms with Crippen LogP contribution in [0, 0.1) is 5.92 Å². The monoisotopic (exact) mass is 260 g/mol. The van der Waals surface area contributed by atoms with Gasteiger partial charge in [-0.2, -0.15) is 0 Å². The molecule has 0 aliphatic carbocycles. The van der Waals surface area contributed by atoms with E-state index in [1.165, 1.54) is 43.6 Å². The van der Waals surface area contributed by atoms with Gasteiger partial charge in [-0.15, -0.1) is 0 Å². The van der Waals surface area contributed by atoms with Gasteiger partial charge < -0.3 is 10.2 Å². The Balaban J connectivity index is 1.95. The summed E-state index contributed by atoms with van der Waals surface area (Å²) in [6.07, 6.45) is 4.06. The van der Waals surface area contributed by atoms with Gasteiger partial charge in [0.2, 0.25) is 0 Å². The van der Waals surface area contributed by atoms with Crippen LogP contribution in [0.5, 0.6) is 0 Å². The Morgan fingerprint density at radius 3 is 2.63 bits per heavy atom. The second kappa shape index (κ2) is 6.95. The highest BCUT2D eigenvalue weighted by molar-refractivity contribution is 5.48. The van der Waals surface area contributed by atoms with Crippen LogP contribution in [0.2, 0.25) is 0 Å². The predicted octanol–water partition coefficient (Wildman–Crippen LogP) is 3.98. The van der Waals surface area contributed by atoms with Gasteiger partial charge in [-0.3, -0.25) is 0 Å². The van der Waals surface area contributed by atoms with Crippen molar-refractivity contribution >= 4 is 5.69 Å². The normalized spacial score (nSPS) is 20.8. The first-order valence-corrected chi connectivity index (χ1v) is 7.82. The Morgan fingerprint density at radius 2 is 2.00 bits per heavy atom. The van der Waals surface area contributed by atoms with E-state index in [9.17, 15) is 0 Å². The third-order valence-electron chi connectivity index (χ3n) is 4.25. The van der Waals surface area contributed by atoms with Crippen molar-refractivity contribution in [3.63, 3.8) is 0 Å². The minimum Gasteiger partial charge on any atom is -0.371 e. The van der Waals surface area contributed by atoms with Crippen molar-refractivity contribution in [2.75, 3.05) is 24.5 Å². The van der Waals surface area contributed by atoms with E-state index in [-0.39, 0.29) is 0 Å². The number of nitrogens with zero attached hydrogens (tertiary/aromatic N) is 1. The van der Waals surface area contributed by atoms with E-state index >= 15 is 0 Å². The van der Waals surface area contributed by atoms with Crippen LogP contribution >= 0.6 is 0 Å². The maximum Gasteiger partial charge on any atom is 0.0366 e. The summed E-state index contributed by atoms with van der Waals surface area (Å²) in [5.74, 6) is 0.908.